The zero-order valence-electron chi connectivity index (χ0n) is 10.8. The molecule has 0 aliphatic carbocycles. The minimum Gasteiger partial charge on any atom is -0.338 e. The van der Waals surface area contributed by atoms with Gasteiger partial charge in [-0.25, -0.2) is 0 Å². The molecule has 3 rings (SSSR count). The molecular formula is C14H18N4O. The summed E-state index contributed by atoms with van der Waals surface area (Å²) < 4.78 is 5.29. The molecule has 2 N–H and O–H groups in total. The van der Waals surface area contributed by atoms with E-state index in [-0.39, 0.29) is 6.04 Å². The van der Waals surface area contributed by atoms with Gasteiger partial charge < -0.3 is 10.3 Å². The second kappa shape index (κ2) is 5.50. The van der Waals surface area contributed by atoms with Gasteiger partial charge in [-0.3, -0.25) is 4.90 Å². The molecule has 0 radical (unpaired) electrons. The molecule has 5 nitrogen and oxygen atoms in total. The van der Waals surface area contributed by atoms with Crippen molar-refractivity contribution in [3.8, 4) is 0 Å². The van der Waals surface area contributed by atoms with Crippen molar-refractivity contribution in [3.63, 3.8) is 0 Å². The number of benzene rings is 1. The van der Waals surface area contributed by atoms with Crippen molar-refractivity contribution in [2.24, 2.45) is 5.73 Å². The average Bonchev–Trinajstić information content (AvgIpc) is 3.11. The summed E-state index contributed by atoms with van der Waals surface area (Å²) in [6, 6.07) is 9.51. The van der Waals surface area contributed by atoms with E-state index >= 15 is 0 Å². The Labute approximate surface area is 112 Å². The number of aromatic nitrogens is 2. The molecule has 1 aromatic heterocycles. The van der Waals surface area contributed by atoms with Gasteiger partial charge in [0.2, 0.25) is 5.89 Å². The summed E-state index contributed by atoms with van der Waals surface area (Å²) in [6.07, 6.45) is 2.51. The normalized spacial score (nSPS) is 17.7. The van der Waals surface area contributed by atoms with Crippen molar-refractivity contribution >= 4 is 0 Å². The second-order valence-corrected chi connectivity index (χ2v) is 4.92. The zero-order chi connectivity index (χ0) is 13.1. The lowest BCUT2D eigenvalue weighted by Crippen LogP contribution is -2.19. The van der Waals surface area contributed by atoms with Gasteiger partial charge in [-0.15, -0.1) is 0 Å². The third-order valence-electron chi connectivity index (χ3n) is 3.48. The van der Waals surface area contributed by atoms with Crippen molar-refractivity contribution in [1.82, 2.24) is 15.0 Å². The first-order valence-electron chi connectivity index (χ1n) is 6.68. The Kier molecular flexibility index (Phi) is 3.57. The minimum atomic E-state index is -0.322. The summed E-state index contributed by atoms with van der Waals surface area (Å²) >= 11 is 0. The van der Waals surface area contributed by atoms with Crippen LogP contribution in [-0.2, 0) is 6.54 Å². The van der Waals surface area contributed by atoms with Crippen molar-refractivity contribution in [1.29, 1.82) is 0 Å². The Hall–Kier alpha value is -1.72. The highest BCUT2D eigenvalue weighted by Crippen LogP contribution is 2.17. The lowest BCUT2D eigenvalue weighted by molar-refractivity contribution is 0.267. The fraction of sp³-hybridized carbons (Fsp3) is 0.429. The smallest absolute Gasteiger partial charge is 0.240 e. The highest BCUT2D eigenvalue weighted by molar-refractivity contribution is 5.23. The highest BCUT2D eigenvalue weighted by Gasteiger charge is 2.19. The van der Waals surface area contributed by atoms with Crippen LogP contribution in [0.15, 0.2) is 34.9 Å². The van der Waals surface area contributed by atoms with Crippen LogP contribution in [0.2, 0.25) is 0 Å². The van der Waals surface area contributed by atoms with E-state index in [1.54, 1.807) is 0 Å². The number of hydrogen-bond donors (Lipinski definition) is 1. The molecule has 0 spiro atoms. The quantitative estimate of drug-likeness (QED) is 0.904. The summed E-state index contributed by atoms with van der Waals surface area (Å²) in [5.74, 6) is 1.21. The van der Waals surface area contributed by atoms with Gasteiger partial charge in [0.1, 0.15) is 0 Å². The van der Waals surface area contributed by atoms with Crippen LogP contribution in [-0.4, -0.2) is 28.1 Å². The Balaban J connectivity index is 1.70. The van der Waals surface area contributed by atoms with Crippen molar-refractivity contribution in [3.05, 3.63) is 47.6 Å². The van der Waals surface area contributed by atoms with E-state index in [2.05, 4.69) is 15.0 Å². The molecule has 0 bridgehead atoms. The molecule has 0 unspecified atom stereocenters. The molecule has 0 amide bonds. The van der Waals surface area contributed by atoms with Gasteiger partial charge in [0.15, 0.2) is 5.82 Å². The molecule has 1 fully saturated rings. The summed E-state index contributed by atoms with van der Waals surface area (Å²) in [7, 11) is 0. The molecule has 1 aromatic carbocycles. The van der Waals surface area contributed by atoms with E-state index in [4.69, 9.17) is 10.3 Å². The molecule has 1 aliphatic rings. The van der Waals surface area contributed by atoms with Crippen molar-refractivity contribution in [2.45, 2.75) is 25.4 Å². The Morgan fingerprint density at radius 1 is 1.21 bits per heavy atom. The van der Waals surface area contributed by atoms with Crippen molar-refractivity contribution in [2.75, 3.05) is 13.1 Å². The molecule has 19 heavy (non-hydrogen) atoms. The van der Waals surface area contributed by atoms with E-state index in [0.29, 0.717) is 11.7 Å². The van der Waals surface area contributed by atoms with E-state index in [1.807, 2.05) is 30.3 Å². The van der Waals surface area contributed by atoms with E-state index in [1.165, 1.54) is 12.8 Å². The Morgan fingerprint density at radius 2 is 1.95 bits per heavy atom. The van der Waals surface area contributed by atoms with Crippen LogP contribution in [0.1, 0.15) is 36.2 Å². The maximum atomic E-state index is 6.14. The third-order valence-corrected chi connectivity index (χ3v) is 3.48. The maximum Gasteiger partial charge on any atom is 0.240 e. The highest BCUT2D eigenvalue weighted by atomic mass is 16.5. The number of likely N-dealkylation sites (tertiary alicyclic amines) is 1. The van der Waals surface area contributed by atoms with Crippen molar-refractivity contribution < 1.29 is 4.52 Å². The monoisotopic (exact) mass is 258 g/mol. The van der Waals surface area contributed by atoms with Gasteiger partial charge in [-0.2, -0.15) is 4.98 Å². The number of nitrogens with two attached hydrogens (primary N) is 1. The number of rotatable bonds is 4. The van der Waals surface area contributed by atoms with Crippen LogP contribution < -0.4 is 5.73 Å². The van der Waals surface area contributed by atoms with Gasteiger partial charge >= 0.3 is 0 Å². The van der Waals surface area contributed by atoms with Crippen LogP contribution in [0.4, 0.5) is 0 Å². The van der Waals surface area contributed by atoms with Gasteiger partial charge in [0.05, 0.1) is 12.6 Å². The molecule has 1 aliphatic heterocycles. The number of nitrogens with zero attached hydrogens (tertiary/aromatic N) is 3. The summed E-state index contributed by atoms with van der Waals surface area (Å²) in [5.41, 5.74) is 7.14. The van der Waals surface area contributed by atoms with Crippen LogP contribution in [0, 0.1) is 0 Å². The predicted octanol–water partition coefficient (Wildman–Crippen LogP) is 1.71. The molecule has 5 heteroatoms. The molecule has 1 atom stereocenters. The molecule has 1 saturated heterocycles. The first-order valence-corrected chi connectivity index (χ1v) is 6.68. The zero-order valence-corrected chi connectivity index (χ0v) is 10.8. The van der Waals surface area contributed by atoms with E-state index in [0.717, 1.165) is 25.2 Å². The van der Waals surface area contributed by atoms with Gasteiger partial charge in [-0.1, -0.05) is 35.5 Å². The molecule has 2 heterocycles. The topological polar surface area (TPSA) is 68.2 Å². The molecular weight excluding hydrogens is 240 g/mol. The SMILES string of the molecule is N[C@@H](c1ccccc1)c1noc(CN2CCCC2)n1. The van der Waals surface area contributed by atoms with Crippen LogP contribution in [0.5, 0.6) is 0 Å². The molecule has 0 saturated carbocycles. The van der Waals surface area contributed by atoms with Crippen LogP contribution in [0.25, 0.3) is 0 Å². The third kappa shape index (κ3) is 2.83. The summed E-state index contributed by atoms with van der Waals surface area (Å²) in [4.78, 5) is 6.73. The van der Waals surface area contributed by atoms with E-state index in [9.17, 15) is 0 Å². The van der Waals surface area contributed by atoms with Gasteiger partial charge in [0.25, 0.3) is 0 Å². The summed E-state index contributed by atoms with van der Waals surface area (Å²) in [5, 5.41) is 4.00. The second-order valence-electron chi connectivity index (χ2n) is 4.92. The first kappa shape index (κ1) is 12.3. The Bertz CT molecular complexity index is 519. The average molecular weight is 258 g/mol. The maximum absolute atomic E-state index is 6.14. The van der Waals surface area contributed by atoms with Gasteiger partial charge in [0, 0.05) is 0 Å². The number of hydrogen-bond acceptors (Lipinski definition) is 5. The van der Waals surface area contributed by atoms with E-state index < -0.39 is 0 Å². The standard InChI is InChI=1S/C14H18N4O/c15-13(11-6-2-1-3-7-11)14-16-12(19-17-14)10-18-8-4-5-9-18/h1-3,6-7,13H,4-5,8-10,15H2/t13-/m0/s1. The lowest BCUT2D eigenvalue weighted by atomic mass is 10.1. The minimum absolute atomic E-state index is 0.322. The fourth-order valence-electron chi connectivity index (χ4n) is 2.40. The van der Waals surface area contributed by atoms with Crippen LogP contribution in [0.3, 0.4) is 0 Å². The molecule has 100 valence electrons. The summed E-state index contributed by atoms with van der Waals surface area (Å²) in [6.45, 7) is 2.96. The predicted molar refractivity (Wildman–Crippen MR) is 71.3 cm³/mol. The lowest BCUT2D eigenvalue weighted by Gasteiger charge is -2.10. The largest absolute Gasteiger partial charge is 0.338 e. The van der Waals surface area contributed by atoms with Gasteiger partial charge in [-0.05, 0) is 31.5 Å². The first-order chi connectivity index (χ1) is 9.33. The molecule has 2 aromatic rings. The fourth-order valence-corrected chi connectivity index (χ4v) is 2.40. The Morgan fingerprint density at radius 3 is 2.68 bits per heavy atom. The van der Waals surface area contributed by atoms with Crippen LogP contribution >= 0.6 is 0 Å².